The van der Waals surface area contributed by atoms with E-state index in [1.807, 2.05) is 0 Å². The second kappa shape index (κ2) is 7.40. The summed E-state index contributed by atoms with van der Waals surface area (Å²) in [5, 5.41) is 22.0. The number of nitrogens with one attached hydrogen (secondary N) is 1. The maximum atomic E-state index is 12.4. The van der Waals surface area contributed by atoms with E-state index in [4.69, 9.17) is 5.11 Å². The van der Waals surface area contributed by atoms with Gasteiger partial charge >= 0.3 is 5.97 Å². The molecule has 0 bridgehead atoms. The number of hydrogen-bond donors (Lipinski definition) is 2. The van der Waals surface area contributed by atoms with Gasteiger partial charge in [-0.25, -0.2) is 0 Å². The Morgan fingerprint density at radius 1 is 1.27 bits per heavy atom. The van der Waals surface area contributed by atoms with Crippen molar-refractivity contribution in [3.05, 3.63) is 16.0 Å². The average Bonchev–Trinajstić information content (AvgIpc) is 2.79. The van der Waals surface area contributed by atoms with E-state index in [-0.39, 0.29) is 24.2 Å². The van der Waals surface area contributed by atoms with Crippen LogP contribution in [0.2, 0.25) is 0 Å². The molecule has 26 heavy (non-hydrogen) atoms. The molecular formula is C20H28N2O3S. The molecule has 0 saturated carbocycles. The van der Waals surface area contributed by atoms with Gasteiger partial charge in [0, 0.05) is 11.3 Å². The molecule has 1 aromatic rings. The molecule has 5 nitrogen and oxygen atoms in total. The van der Waals surface area contributed by atoms with Crippen molar-refractivity contribution in [1.82, 2.24) is 0 Å². The number of hydrogen-bond acceptors (Lipinski definition) is 4. The number of nitrogens with zero attached hydrogens (tertiary/aromatic N) is 1. The van der Waals surface area contributed by atoms with Gasteiger partial charge in [-0.1, -0.05) is 34.6 Å². The molecule has 1 aromatic heterocycles. The summed E-state index contributed by atoms with van der Waals surface area (Å²) in [5.74, 6) is -0.586. The zero-order valence-corrected chi connectivity index (χ0v) is 17.0. The van der Waals surface area contributed by atoms with Crippen LogP contribution in [0.5, 0.6) is 0 Å². The Labute approximate surface area is 159 Å². The highest BCUT2D eigenvalue weighted by atomic mass is 32.1. The Hall–Kier alpha value is -1.87. The van der Waals surface area contributed by atoms with Gasteiger partial charge < -0.3 is 10.4 Å². The Bertz CT molecular complexity index is 750. The van der Waals surface area contributed by atoms with E-state index in [1.54, 1.807) is 13.8 Å². The Balaban J connectivity index is 2.17. The fourth-order valence-corrected chi connectivity index (χ4v) is 4.90. The summed E-state index contributed by atoms with van der Waals surface area (Å²) >= 11 is 1.50. The average molecular weight is 377 g/mol. The topological polar surface area (TPSA) is 90.2 Å². The molecule has 0 unspecified atom stereocenters. The van der Waals surface area contributed by atoms with Gasteiger partial charge in [0.05, 0.1) is 12.0 Å². The zero-order valence-electron chi connectivity index (χ0n) is 16.2. The second-order valence-electron chi connectivity index (χ2n) is 9.09. The molecule has 1 amide bonds. The minimum Gasteiger partial charge on any atom is -0.481 e. The van der Waals surface area contributed by atoms with Crippen molar-refractivity contribution >= 4 is 28.2 Å². The number of carbonyl (C=O) groups is 2. The van der Waals surface area contributed by atoms with E-state index < -0.39 is 11.4 Å². The molecule has 1 atom stereocenters. The van der Waals surface area contributed by atoms with Crippen molar-refractivity contribution in [2.45, 2.75) is 66.7 Å². The maximum absolute atomic E-state index is 12.4. The Morgan fingerprint density at radius 3 is 2.46 bits per heavy atom. The van der Waals surface area contributed by atoms with Crippen molar-refractivity contribution in [2.75, 3.05) is 5.32 Å². The number of carbonyl (C=O) groups excluding carboxylic acids is 1. The third-order valence-corrected chi connectivity index (χ3v) is 6.29. The maximum Gasteiger partial charge on any atom is 0.303 e. The molecule has 0 saturated heterocycles. The lowest BCUT2D eigenvalue weighted by Gasteiger charge is -2.33. The van der Waals surface area contributed by atoms with Crippen molar-refractivity contribution < 1.29 is 14.7 Å². The SMILES string of the molecule is CC(C)(CC(=O)O)CC(=O)Nc1sc2c(c1C#N)CC[C@@H](C(C)(C)C)C2. The highest BCUT2D eigenvalue weighted by molar-refractivity contribution is 7.16. The van der Waals surface area contributed by atoms with Gasteiger partial charge in [0.1, 0.15) is 11.1 Å². The molecule has 1 aliphatic rings. The number of aliphatic carboxylic acids is 1. The van der Waals surface area contributed by atoms with Crippen LogP contribution in [0.15, 0.2) is 0 Å². The van der Waals surface area contributed by atoms with Gasteiger partial charge in [-0.05, 0) is 41.6 Å². The minimum absolute atomic E-state index is 0.0697. The number of carboxylic acids is 1. The summed E-state index contributed by atoms with van der Waals surface area (Å²) in [6.07, 6.45) is 2.91. The number of fused-ring (bicyclic) bond motifs is 1. The fraction of sp³-hybridized carbons (Fsp3) is 0.650. The van der Waals surface area contributed by atoms with Crippen LogP contribution < -0.4 is 5.32 Å². The lowest BCUT2D eigenvalue weighted by molar-refractivity contribution is -0.139. The fourth-order valence-electron chi connectivity index (χ4n) is 3.61. The molecule has 1 heterocycles. The first-order valence-electron chi connectivity index (χ1n) is 8.99. The van der Waals surface area contributed by atoms with Gasteiger partial charge in [-0.2, -0.15) is 5.26 Å². The molecule has 1 aliphatic carbocycles. The van der Waals surface area contributed by atoms with Crippen LogP contribution in [-0.4, -0.2) is 17.0 Å². The zero-order chi connectivity index (χ0) is 19.7. The van der Waals surface area contributed by atoms with Crippen LogP contribution in [0.1, 0.15) is 69.9 Å². The summed E-state index contributed by atoms with van der Waals surface area (Å²) in [7, 11) is 0. The van der Waals surface area contributed by atoms with Gasteiger partial charge in [0.15, 0.2) is 0 Å². The first-order valence-corrected chi connectivity index (χ1v) is 9.81. The summed E-state index contributed by atoms with van der Waals surface area (Å²) in [5.41, 5.74) is 1.26. The third-order valence-electron chi connectivity index (χ3n) is 5.12. The summed E-state index contributed by atoms with van der Waals surface area (Å²) in [6.45, 7) is 10.3. The predicted molar refractivity (Wildman–Crippen MR) is 103 cm³/mol. The minimum atomic E-state index is -0.916. The molecule has 0 aromatic carbocycles. The number of anilines is 1. The molecule has 142 valence electrons. The number of carboxylic acid groups (broad SMARTS) is 1. The smallest absolute Gasteiger partial charge is 0.303 e. The van der Waals surface area contributed by atoms with Gasteiger partial charge in [-0.3, -0.25) is 9.59 Å². The number of amides is 1. The van der Waals surface area contributed by atoms with Crippen LogP contribution in [0.4, 0.5) is 5.00 Å². The van der Waals surface area contributed by atoms with Crippen LogP contribution in [0, 0.1) is 28.1 Å². The number of rotatable bonds is 5. The molecule has 0 radical (unpaired) electrons. The van der Waals surface area contributed by atoms with Crippen LogP contribution in [0.3, 0.4) is 0 Å². The third kappa shape index (κ3) is 4.85. The molecule has 6 heteroatoms. The largest absolute Gasteiger partial charge is 0.481 e. The first-order chi connectivity index (χ1) is 11.9. The van der Waals surface area contributed by atoms with Crippen LogP contribution in [-0.2, 0) is 22.4 Å². The van der Waals surface area contributed by atoms with Gasteiger partial charge in [0.2, 0.25) is 5.91 Å². The molecular weight excluding hydrogens is 348 g/mol. The second-order valence-corrected chi connectivity index (χ2v) is 10.2. The van der Waals surface area contributed by atoms with Gasteiger partial charge in [-0.15, -0.1) is 11.3 Å². The lowest BCUT2D eigenvalue weighted by atomic mass is 9.72. The normalized spacial score (nSPS) is 17.3. The molecule has 2 N–H and O–H groups in total. The molecule has 0 aliphatic heterocycles. The molecule has 2 rings (SSSR count). The van der Waals surface area contributed by atoms with Crippen molar-refractivity contribution in [1.29, 1.82) is 5.26 Å². The highest BCUT2D eigenvalue weighted by Gasteiger charge is 2.33. The number of nitriles is 1. The van der Waals surface area contributed by atoms with Crippen LogP contribution >= 0.6 is 11.3 Å². The van der Waals surface area contributed by atoms with Crippen molar-refractivity contribution in [2.24, 2.45) is 16.7 Å². The lowest BCUT2D eigenvalue weighted by Crippen LogP contribution is -2.26. The Morgan fingerprint density at radius 2 is 1.92 bits per heavy atom. The van der Waals surface area contributed by atoms with Crippen molar-refractivity contribution in [3.63, 3.8) is 0 Å². The van der Waals surface area contributed by atoms with E-state index in [0.29, 0.717) is 16.5 Å². The highest BCUT2D eigenvalue weighted by Crippen LogP contribution is 2.44. The van der Waals surface area contributed by atoms with E-state index in [2.05, 4.69) is 32.2 Å². The van der Waals surface area contributed by atoms with E-state index >= 15 is 0 Å². The summed E-state index contributed by atoms with van der Waals surface area (Å²) in [6, 6.07) is 2.26. The van der Waals surface area contributed by atoms with Crippen molar-refractivity contribution in [3.8, 4) is 6.07 Å². The monoisotopic (exact) mass is 376 g/mol. The van der Waals surface area contributed by atoms with Crippen LogP contribution in [0.25, 0.3) is 0 Å². The van der Waals surface area contributed by atoms with E-state index in [1.165, 1.54) is 16.2 Å². The molecule has 0 fully saturated rings. The Kier molecular flexibility index (Phi) is 5.82. The molecule has 0 spiro atoms. The standard InChI is InChI=1S/C20H28N2O3S/c1-19(2,3)12-6-7-13-14(11-21)18(26-15(13)8-12)22-16(23)9-20(4,5)10-17(24)25/h12H,6-10H2,1-5H3,(H,22,23)(H,24,25)/t12-/m1/s1. The van der Waals surface area contributed by atoms with Gasteiger partial charge in [0.25, 0.3) is 0 Å². The predicted octanol–water partition coefficient (Wildman–Crippen LogP) is 4.60. The quantitative estimate of drug-likeness (QED) is 0.786. The number of thiophene rings is 1. The van der Waals surface area contributed by atoms with E-state index in [9.17, 15) is 14.9 Å². The van der Waals surface area contributed by atoms with E-state index in [0.717, 1.165) is 24.8 Å². The first kappa shape index (κ1) is 20.4. The summed E-state index contributed by atoms with van der Waals surface area (Å²) < 4.78 is 0. The summed E-state index contributed by atoms with van der Waals surface area (Å²) in [4.78, 5) is 24.5.